The van der Waals surface area contributed by atoms with Crippen LogP contribution in [0.3, 0.4) is 0 Å². The number of anilines is 1. The summed E-state index contributed by atoms with van der Waals surface area (Å²) in [7, 11) is 0. The van der Waals surface area contributed by atoms with Gasteiger partial charge in [0, 0.05) is 0 Å². The van der Waals surface area contributed by atoms with E-state index in [-0.39, 0.29) is 6.01 Å². The molecule has 4 nitrogen and oxygen atoms in total. The Kier molecular flexibility index (Phi) is 3.54. The van der Waals surface area contributed by atoms with Crippen molar-refractivity contribution in [2.45, 2.75) is 6.18 Å². The molecule has 0 unspecified atom stereocenters. The summed E-state index contributed by atoms with van der Waals surface area (Å²) in [6.45, 7) is 0. The van der Waals surface area contributed by atoms with Gasteiger partial charge in [0.2, 0.25) is 0 Å². The number of oxazole rings is 1. The Morgan fingerprint density at radius 1 is 1.09 bits per heavy atom. The molecule has 3 rings (SSSR count). The number of hydrogen-bond donors (Lipinski definition) is 1. The predicted molar refractivity (Wildman–Crippen MR) is 76.7 cm³/mol. The number of nitrogens with zero attached hydrogens (tertiary/aromatic N) is 2. The summed E-state index contributed by atoms with van der Waals surface area (Å²) in [5, 5.41) is 3.83. The van der Waals surface area contributed by atoms with Crippen LogP contribution in [0.25, 0.3) is 11.1 Å². The SMILES string of the molecule is FC(F)(F)c1cccc(/C=N\Nc2nc3ccccc3o2)c1. The summed E-state index contributed by atoms with van der Waals surface area (Å²) in [6, 6.07) is 12.2. The first-order valence-electron chi connectivity index (χ1n) is 6.34. The molecule has 7 heteroatoms. The monoisotopic (exact) mass is 305 g/mol. The first kappa shape index (κ1) is 14.1. The molecule has 0 aliphatic rings. The van der Waals surface area contributed by atoms with Crippen molar-refractivity contribution in [3.63, 3.8) is 0 Å². The van der Waals surface area contributed by atoms with Crippen molar-refractivity contribution >= 4 is 23.3 Å². The normalized spacial score (nSPS) is 12.1. The van der Waals surface area contributed by atoms with Gasteiger partial charge in [-0.15, -0.1) is 0 Å². The Morgan fingerprint density at radius 3 is 2.68 bits per heavy atom. The Balaban J connectivity index is 1.74. The third-order valence-electron chi connectivity index (χ3n) is 2.88. The molecule has 0 spiro atoms. The molecular formula is C15H10F3N3O. The molecular weight excluding hydrogens is 295 g/mol. The molecule has 1 aromatic heterocycles. The van der Waals surface area contributed by atoms with Gasteiger partial charge in [-0.3, -0.25) is 0 Å². The van der Waals surface area contributed by atoms with Gasteiger partial charge in [-0.25, -0.2) is 5.43 Å². The van der Waals surface area contributed by atoms with Gasteiger partial charge in [0.15, 0.2) is 5.58 Å². The van der Waals surface area contributed by atoms with Crippen LogP contribution in [0.15, 0.2) is 58.0 Å². The second-order valence-electron chi connectivity index (χ2n) is 4.48. The minimum atomic E-state index is -4.38. The lowest BCUT2D eigenvalue weighted by Gasteiger charge is -2.06. The van der Waals surface area contributed by atoms with E-state index in [9.17, 15) is 13.2 Å². The zero-order valence-corrected chi connectivity index (χ0v) is 11.1. The highest BCUT2D eigenvalue weighted by Gasteiger charge is 2.30. The van der Waals surface area contributed by atoms with Crippen LogP contribution in [-0.4, -0.2) is 11.2 Å². The highest BCUT2D eigenvalue weighted by Crippen LogP contribution is 2.29. The molecule has 0 saturated heterocycles. The van der Waals surface area contributed by atoms with Gasteiger partial charge < -0.3 is 4.42 Å². The highest BCUT2D eigenvalue weighted by molar-refractivity contribution is 5.80. The van der Waals surface area contributed by atoms with E-state index in [1.54, 1.807) is 12.1 Å². The maximum Gasteiger partial charge on any atom is 0.416 e. The molecule has 0 radical (unpaired) electrons. The molecule has 22 heavy (non-hydrogen) atoms. The van der Waals surface area contributed by atoms with Gasteiger partial charge in [0.1, 0.15) is 5.52 Å². The van der Waals surface area contributed by atoms with Crippen LogP contribution in [0.4, 0.5) is 19.2 Å². The predicted octanol–water partition coefficient (Wildman–Crippen LogP) is 4.29. The van der Waals surface area contributed by atoms with Crippen LogP contribution in [-0.2, 0) is 6.18 Å². The van der Waals surface area contributed by atoms with E-state index in [1.165, 1.54) is 18.3 Å². The van der Waals surface area contributed by atoms with Crippen molar-refractivity contribution in [2.75, 3.05) is 5.43 Å². The van der Waals surface area contributed by atoms with Gasteiger partial charge in [-0.05, 0) is 29.8 Å². The zero-order chi connectivity index (χ0) is 15.6. The van der Waals surface area contributed by atoms with E-state index in [1.807, 2.05) is 12.1 Å². The standard InChI is InChI=1S/C15H10F3N3O/c16-15(17,18)11-5-3-4-10(8-11)9-19-21-14-20-12-6-1-2-7-13(12)22-14/h1-9H,(H,20,21)/b19-9-. The Morgan fingerprint density at radius 2 is 1.91 bits per heavy atom. The summed E-state index contributed by atoms with van der Waals surface area (Å²) in [6.07, 6.45) is -3.11. The van der Waals surface area contributed by atoms with E-state index in [0.29, 0.717) is 16.7 Å². The molecule has 1 N–H and O–H groups in total. The van der Waals surface area contributed by atoms with Crippen LogP contribution in [0.1, 0.15) is 11.1 Å². The van der Waals surface area contributed by atoms with Gasteiger partial charge in [0.25, 0.3) is 0 Å². The van der Waals surface area contributed by atoms with Crippen molar-refractivity contribution in [3.8, 4) is 0 Å². The van der Waals surface area contributed by atoms with Crippen LogP contribution in [0.2, 0.25) is 0 Å². The average molecular weight is 305 g/mol. The number of hydrazone groups is 1. The lowest BCUT2D eigenvalue weighted by molar-refractivity contribution is -0.137. The van der Waals surface area contributed by atoms with Crippen molar-refractivity contribution in [1.82, 2.24) is 4.98 Å². The van der Waals surface area contributed by atoms with Crippen LogP contribution >= 0.6 is 0 Å². The Labute approximate surface area is 123 Å². The first-order valence-corrected chi connectivity index (χ1v) is 6.34. The van der Waals surface area contributed by atoms with Crippen LogP contribution < -0.4 is 5.43 Å². The van der Waals surface area contributed by atoms with Gasteiger partial charge in [0.05, 0.1) is 11.8 Å². The maximum atomic E-state index is 12.6. The van der Waals surface area contributed by atoms with Crippen molar-refractivity contribution in [2.24, 2.45) is 5.10 Å². The van der Waals surface area contributed by atoms with E-state index < -0.39 is 11.7 Å². The third kappa shape index (κ3) is 3.08. The third-order valence-corrected chi connectivity index (χ3v) is 2.88. The minimum Gasteiger partial charge on any atom is -0.422 e. The van der Waals surface area contributed by atoms with Crippen molar-refractivity contribution in [1.29, 1.82) is 0 Å². The number of fused-ring (bicyclic) bond motifs is 1. The van der Waals surface area contributed by atoms with E-state index >= 15 is 0 Å². The topological polar surface area (TPSA) is 50.4 Å². The molecule has 0 aliphatic carbocycles. The number of halogens is 3. The lowest BCUT2D eigenvalue weighted by atomic mass is 10.1. The van der Waals surface area contributed by atoms with Gasteiger partial charge >= 0.3 is 12.2 Å². The Hall–Kier alpha value is -2.83. The molecule has 2 aromatic carbocycles. The molecule has 112 valence electrons. The Bertz CT molecular complexity index is 791. The summed E-state index contributed by atoms with van der Waals surface area (Å²) < 4.78 is 43.1. The quantitative estimate of drug-likeness (QED) is 0.580. The molecule has 0 saturated carbocycles. The fraction of sp³-hybridized carbons (Fsp3) is 0.0667. The van der Waals surface area contributed by atoms with Crippen molar-refractivity contribution in [3.05, 3.63) is 59.7 Å². The van der Waals surface area contributed by atoms with Gasteiger partial charge in [-0.1, -0.05) is 24.3 Å². The number of hydrogen-bond acceptors (Lipinski definition) is 4. The number of alkyl halides is 3. The van der Waals surface area contributed by atoms with E-state index in [0.717, 1.165) is 12.1 Å². The van der Waals surface area contributed by atoms with E-state index in [2.05, 4.69) is 15.5 Å². The molecule has 0 bridgehead atoms. The number of nitrogens with one attached hydrogen (secondary N) is 1. The number of benzene rings is 2. The largest absolute Gasteiger partial charge is 0.422 e. The molecule has 0 atom stereocenters. The van der Waals surface area contributed by atoms with Crippen LogP contribution in [0, 0.1) is 0 Å². The minimum absolute atomic E-state index is 0.171. The van der Waals surface area contributed by atoms with Crippen molar-refractivity contribution < 1.29 is 17.6 Å². The summed E-state index contributed by atoms with van der Waals surface area (Å²) in [5.74, 6) is 0. The number of rotatable bonds is 3. The fourth-order valence-electron chi connectivity index (χ4n) is 1.88. The number of para-hydroxylation sites is 2. The second-order valence-corrected chi connectivity index (χ2v) is 4.48. The van der Waals surface area contributed by atoms with E-state index in [4.69, 9.17) is 4.42 Å². The molecule has 0 fully saturated rings. The maximum absolute atomic E-state index is 12.6. The smallest absolute Gasteiger partial charge is 0.416 e. The highest BCUT2D eigenvalue weighted by atomic mass is 19.4. The first-order chi connectivity index (χ1) is 10.5. The fourth-order valence-corrected chi connectivity index (χ4v) is 1.88. The molecule has 1 heterocycles. The zero-order valence-electron chi connectivity index (χ0n) is 11.1. The lowest BCUT2D eigenvalue weighted by Crippen LogP contribution is -2.05. The summed E-state index contributed by atoms with van der Waals surface area (Å²) in [5.41, 5.74) is 3.41. The second kappa shape index (κ2) is 5.51. The summed E-state index contributed by atoms with van der Waals surface area (Å²) >= 11 is 0. The van der Waals surface area contributed by atoms with Gasteiger partial charge in [-0.2, -0.15) is 23.3 Å². The molecule has 0 amide bonds. The molecule has 3 aromatic rings. The summed E-state index contributed by atoms with van der Waals surface area (Å²) in [4.78, 5) is 4.13. The average Bonchev–Trinajstić information content (AvgIpc) is 2.89. The van der Waals surface area contributed by atoms with Crippen LogP contribution in [0.5, 0.6) is 0 Å². The molecule has 0 aliphatic heterocycles. The number of aromatic nitrogens is 1.